The molecule has 0 bridgehead atoms. The van der Waals surface area contributed by atoms with Crippen LogP contribution in [-0.4, -0.2) is 4.98 Å². The lowest BCUT2D eigenvalue weighted by atomic mass is 10.2. The van der Waals surface area contributed by atoms with Crippen LogP contribution in [0.2, 0.25) is 0 Å². The second-order valence-corrected chi connectivity index (χ2v) is 2.86. The fraction of sp³-hybridized carbons (Fsp3) is 0.222. The van der Waals surface area contributed by atoms with Crippen LogP contribution in [0.4, 0.5) is 8.78 Å². The molecule has 0 saturated carbocycles. The van der Waals surface area contributed by atoms with E-state index in [9.17, 15) is 8.78 Å². The van der Waals surface area contributed by atoms with Gasteiger partial charge in [0.2, 0.25) is 0 Å². The highest BCUT2D eigenvalue weighted by Gasteiger charge is 2.15. The Labute approximate surface area is 78.5 Å². The van der Waals surface area contributed by atoms with E-state index in [0.717, 1.165) is 5.56 Å². The van der Waals surface area contributed by atoms with Gasteiger partial charge in [-0.15, -0.1) is 0 Å². The molecule has 1 heterocycles. The fourth-order valence-electron chi connectivity index (χ4n) is 1.21. The number of halogens is 2. The first kappa shape index (κ1) is 9.08. The van der Waals surface area contributed by atoms with E-state index in [2.05, 4.69) is 4.98 Å². The van der Waals surface area contributed by atoms with E-state index in [1.54, 1.807) is 18.2 Å². The van der Waals surface area contributed by atoms with E-state index in [0.29, 0.717) is 17.6 Å². The van der Waals surface area contributed by atoms with Crippen molar-refractivity contribution in [2.24, 2.45) is 5.73 Å². The van der Waals surface area contributed by atoms with Crippen molar-refractivity contribution >= 4 is 11.1 Å². The number of nitrogens with two attached hydrogens (primary N) is 1. The van der Waals surface area contributed by atoms with Crippen molar-refractivity contribution < 1.29 is 13.2 Å². The van der Waals surface area contributed by atoms with E-state index >= 15 is 0 Å². The van der Waals surface area contributed by atoms with Crippen LogP contribution in [0.15, 0.2) is 22.6 Å². The second-order valence-electron chi connectivity index (χ2n) is 2.86. The molecule has 74 valence electrons. The van der Waals surface area contributed by atoms with E-state index in [1.165, 1.54) is 0 Å². The molecule has 0 aliphatic heterocycles. The third-order valence-corrected chi connectivity index (χ3v) is 1.89. The van der Waals surface area contributed by atoms with E-state index < -0.39 is 12.3 Å². The van der Waals surface area contributed by atoms with Crippen molar-refractivity contribution in [2.75, 3.05) is 0 Å². The zero-order valence-electron chi connectivity index (χ0n) is 7.21. The lowest BCUT2D eigenvalue weighted by Crippen LogP contribution is -1.94. The van der Waals surface area contributed by atoms with Crippen molar-refractivity contribution in [3.05, 3.63) is 29.7 Å². The lowest BCUT2D eigenvalue weighted by Gasteiger charge is -1.92. The molecule has 1 aromatic carbocycles. The van der Waals surface area contributed by atoms with Crippen LogP contribution in [0.1, 0.15) is 17.9 Å². The summed E-state index contributed by atoms with van der Waals surface area (Å²) >= 11 is 0. The van der Waals surface area contributed by atoms with Gasteiger partial charge in [0, 0.05) is 6.54 Å². The zero-order chi connectivity index (χ0) is 10.1. The van der Waals surface area contributed by atoms with Crippen molar-refractivity contribution in [3.8, 4) is 0 Å². The quantitative estimate of drug-likeness (QED) is 0.804. The largest absolute Gasteiger partial charge is 0.435 e. The summed E-state index contributed by atoms with van der Waals surface area (Å²) in [4.78, 5) is 3.65. The standard InChI is InChI=1S/C9H8F2N2O/c10-8(11)9-13-6-3-5(4-12)1-2-7(6)14-9/h1-3,8H,4,12H2. The number of aromatic nitrogens is 1. The predicted molar refractivity (Wildman–Crippen MR) is 46.9 cm³/mol. The van der Waals surface area contributed by atoms with Crippen LogP contribution in [0, 0.1) is 0 Å². The summed E-state index contributed by atoms with van der Waals surface area (Å²) in [6.45, 7) is 0.354. The molecule has 0 unspecified atom stereocenters. The number of nitrogens with zero attached hydrogens (tertiary/aromatic N) is 1. The Hall–Kier alpha value is -1.49. The van der Waals surface area contributed by atoms with Crippen LogP contribution < -0.4 is 5.73 Å². The van der Waals surface area contributed by atoms with Crippen molar-refractivity contribution in [1.29, 1.82) is 0 Å². The summed E-state index contributed by atoms with van der Waals surface area (Å²) in [7, 11) is 0. The highest BCUT2D eigenvalue weighted by molar-refractivity contribution is 5.73. The molecular formula is C9H8F2N2O. The summed E-state index contributed by atoms with van der Waals surface area (Å²) in [5.41, 5.74) is 7.02. The molecule has 2 N–H and O–H groups in total. The molecule has 2 rings (SSSR count). The zero-order valence-corrected chi connectivity index (χ0v) is 7.21. The Morgan fingerprint density at radius 2 is 2.21 bits per heavy atom. The minimum absolute atomic E-state index is 0.354. The maximum Gasteiger partial charge on any atom is 0.313 e. The van der Waals surface area contributed by atoms with E-state index in [-0.39, 0.29) is 0 Å². The molecule has 0 saturated heterocycles. The monoisotopic (exact) mass is 198 g/mol. The summed E-state index contributed by atoms with van der Waals surface area (Å²) in [6.07, 6.45) is -2.68. The first-order valence-corrected chi connectivity index (χ1v) is 4.08. The average molecular weight is 198 g/mol. The normalized spacial score (nSPS) is 11.4. The Morgan fingerprint density at radius 1 is 1.43 bits per heavy atom. The Bertz CT molecular complexity index is 453. The first-order chi connectivity index (χ1) is 6.70. The van der Waals surface area contributed by atoms with Gasteiger partial charge in [0.1, 0.15) is 5.52 Å². The predicted octanol–water partition coefficient (Wildman–Crippen LogP) is 2.22. The Balaban J connectivity index is 2.54. The number of hydrogen-bond acceptors (Lipinski definition) is 3. The maximum atomic E-state index is 12.2. The van der Waals surface area contributed by atoms with Gasteiger partial charge in [0.15, 0.2) is 5.58 Å². The molecule has 0 amide bonds. The van der Waals surface area contributed by atoms with Gasteiger partial charge in [-0.3, -0.25) is 0 Å². The van der Waals surface area contributed by atoms with Gasteiger partial charge < -0.3 is 10.2 Å². The minimum atomic E-state index is -2.68. The number of benzene rings is 1. The second kappa shape index (κ2) is 3.34. The van der Waals surface area contributed by atoms with Crippen LogP contribution >= 0.6 is 0 Å². The molecule has 0 spiro atoms. The number of alkyl halides is 2. The van der Waals surface area contributed by atoms with Crippen LogP contribution in [0.3, 0.4) is 0 Å². The van der Waals surface area contributed by atoms with Crippen LogP contribution in [-0.2, 0) is 6.54 Å². The van der Waals surface area contributed by atoms with Crippen molar-refractivity contribution in [2.45, 2.75) is 13.0 Å². The topological polar surface area (TPSA) is 52.0 Å². The summed E-state index contributed by atoms with van der Waals surface area (Å²) in [5, 5.41) is 0. The number of oxazole rings is 1. The number of hydrogen-bond donors (Lipinski definition) is 1. The molecule has 0 aliphatic rings. The van der Waals surface area contributed by atoms with Crippen LogP contribution in [0.25, 0.3) is 11.1 Å². The van der Waals surface area contributed by atoms with Gasteiger partial charge in [-0.2, -0.15) is 8.78 Å². The molecule has 14 heavy (non-hydrogen) atoms. The van der Waals surface area contributed by atoms with Gasteiger partial charge in [-0.25, -0.2) is 4.98 Å². The van der Waals surface area contributed by atoms with Crippen molar-refractivity contribution in [1.82, 2.24) is 4.98 Å². The molecule has 1 aromatic heterocycles. The maximum absolute atomic E-state index is 12.2. The minimum Gasteiger partial charge on any atom is -0.435 e. The SMILES string of the molecule is NCc1ccc2oc(C(F)F)nc2c1. The molecule has 0 fully saturated rings. The molecule has 3 nitrogen and oxygen atoms in total. The lowest BCUT2D eigenvalue weighted by molar-refractivity contribution is 0.117. The van der Waals surface area contributed by atoms with Gasteiger partial charge >= 0.3 is 6.43 Å². The number of fused-ring (bicyclic) bond motifs is 1. The third-order valence-electron chi connectivity index (χ3n) is 1.89. The van der Waals surface area contributed by atoms with Gasteiger partial charge in [0.05, 0.1) is 0 Å². The summed E-state index contributed by atoms with van der Waals surface area (Å²) in [6, 6.07) is 4.96. The molecule has 0 aliphatic carbocycles. The van der Waals surface area contributed by atoms with Gasteiger partial charge in [-0.05, 0) is 17.7 Å². The highest BCUT2D eigenvalue weighted by Crippen LogP contribution is 2.23. The highest BCUT2D eigenvalue weighted by atomic mass is 19.3. The van der Waals surface area contributed by atoms with E-state index in [4.69, 9.17) is 10.2 Å². The van der Waals surface area contributed by atoms with E-state index in [1.807, 2.05) is 0 Å². The number of rotatable bonds is 2. The van der Waals surface area contributed by atoms with Crippen molar-refractivity contribution in [3.63, 3.8) is 0 Å². The fourth-order valence-corrected chi connectivity index (χ4v) is 1.21. The summed E-state index contributed by atoms with van der Waals surface area (Å²) < 4.78 is 29.2. The molecule has 2 aromatic rings. The van der Waals surface area contributed by atoms with Crippen LogP contribution in [0.5, 0.6) is 0 Å². The Kier molecular flexibility index (Phi) is 2.17. The first-order valence-electron chi connectivity index (χ1n) is 4.08. The third kappa shape index (κ3) is 1.46. The average Bonchev–Trinajstić information content (AvgIpc) is 2.59. The summed E-state index contributed by atoms with van der Waals surface area (Å²) in [5.74, 6) is -0.547. The molecule has 0 radical (unpaired) electrons. The molecule has 5 heteroatoms. The van der Waals surface area contributed by atoms with Gasteiger partial charge in [0.25, 0.3) is 5.89 Å². The smallest absolute Gasteiger partial charge is 0.313 e. The molecular weight excluding hydrogens is 190 g/mol. The Morgan fingerprint density at radius 3 is 2.86 bits per heavy atom. The van der Waals surface area contributed by atoms with Gasteiger partial charge in [-0.1, -0.05) is 6.07 Å². The molecule has 0 atom stereocenters.